The van der Waals surface area contributed by atoms with Crippen molar-refractivity contribution in [2.75, 3.05) is 0 Å². The third kappa shape index (κ3) is 748. The molecule has 15 heavy (non-hydrogen) atoms. The van der Waals surface area contributed by atoms with Gasteiger partial charge in [-0.25, -0.2) is 0 Å². The molecule has 0 saturated carbocycles. The second-order valence-corrected chi connectivity index (χ2v) is 6.02. The minimum absolute atomic E-state index is 0. The van der Waals surface area contributed by atoms with Crippen molar-refractivity contribution in [1.82, 2.24) is 0 Å². The molecule has 0 bridgehead atoms. The van der Waals surface area contributed by atoms with Gasteiger partial charge in [0.05, 0.1) is 0 Å². The van der Waals surface area contributed by atoms with Gasteiger partial charge in [-0.3, -0.25) is 0 Å². The minimum atomic E-state index is -3.81. The summed E-state index contributed by atoms with van der Waals surface area (Å²) >= 11 is 7.21. The van der Waals surface area contributed by atoms with Gasteiger partial charge in [-0.05, 0) is 23.6 Å². The van der Waals surface area contributed by atoms with Crippen LogP contribution in [0.4, 0.5) is 0 Å². The molecule has 0 aromatic heterocycles. The Labute approximate surface area is 123 Å². The predicted octanol–water partition coefficient (Wildman–Crippen LogP) is -0.221. The molecule has 6 N–H and O–H groups in total. The number of hydrogen-bond donors (Lipinski definition) is 6. The Balaban J connectivity index is -0.0000000318. The molecule has 0 unspecified atom stereocenters. The monoisotopic (exact) mass is 312 g/mol. The van der Waals surface area contributed by atoms with Gasteiger partial charge in [0.2, 0.25) is 0 Å². The number of hydrogen-bond acceptors (Lipinski definition) is 2. The third-order valence-electron chi connectivity index (χ3n) is 0. The van der Waals surface area contributed by atoms with Crippen molar-refractivity contribution in [2.24, 2.45) is 0 Å². The van der Waals surface area contributed by atoms with Gasteiger partial charge in [-0.15, -0.1) is 0 Å². The van der Waals surface area contributed by atoms with Gasteiger partial charge < -0.3 is 29.4 Å². The summed E-state index contributed by atoms with van der Waals surface area (Å²) in [5.74, 6) is 0. The van der Waals surface area contributed by atoms with Crippen molar-refractivity contribution < 1.29 is 29.4 Å². The molecule has 0 aromatic carbocycles. The van der Waals surface area contributed by atoms with E-state index in [1.807, 2.05) is 27.7 Å². The normalized spacial score (nSPS) is 8.67. The molecular formula is C4H19NaO6P2S2. The van der Waals surface area contributed by atoms with Gasteiger partial charge in [0, 0.05) is 0 Å². The molecule has 0 fully saturated rings. The van der Waals surface area contributed by atoms with Crippen LogP contribution in [0.3, 0.4) is 0 Å². The molecular weight excluding hydrogens is 293 g/mol. The fourth-order valence-corrected chi connectivity index (χ4v) is 0. The molecule has 0 amide bonds. The molecule has 0 aliphatic rings. The van der Waals surface area contributed by atoms with E-state index in [0.29, 0.717) is 0 Å². The Bertz CT molecular complexity index is 143. The summed E-state index contributed by atoms with van der Waals surface area (Å²) in [7, 11) is 0. The summed E-state index contributed by atoms with van der Waals surface area (Å²) in [6, 6.07) is 0. The summed E-state index contributed by atoms with van der Waals surface area (Å²) in [4.78, 5) is 45.3. The first-order valence-corrected chi connectivity index (χ1v) is 8.89. The van der Waals surface area contributed by atoms with Gasteiger partial charge in [-0.2, -0.15) is 0 Å². The van der Waals surface area contributed by atoms with Crippen molar-refractivity contribution in [3.8, 4) is 0 Å². The molecule has 0 spiro atoms. The van der Waals surface area contributed by atoms with Crippen LogP contribution in [0.2, 0.25) is 0 Å². The molecule has 0 rings (SSSR count). The second kappa shape index (κ2) is 18.4. The molecule has 0 aromatic rings. The van der Waals surface area contributed by atoms with Gasteiger partial charge >= 0.3 is 43.0 Å². The Kier molecular flexibility index (Phi) is 37.2. The molecule has 6 nitrogen and oxygen atoms in total. The van der Waals surface area contributed by atoms with Gasteiger partial charge in [0.25, 0.3) is 0 Å². The SMILES string of the molecule is CC.CC.OP(O)(O)=S.OP(O)(O)=S.[NaH]. The van der Waals surface area contributed by atoms with Crippen molar-refractivity contribution in [3.63, 3.8) is 0 Å². The zero-order valence-corrected chi connectivity index (χ0v) is 11.8. The molecule has 0 radical (unpaired) electrons. The number of rotatable bonds is 0. The molecule has 0 saturated heterocycles. The zero-order chi connectivity index (χ0) is 13.0. The molecule has 11 heteroatoms. The van der Waals surface area contributed by atoms with E-state index < -0.39 is 13.4 Å². The van der Waals surface area contributed by atoms with Gasteiger partial charge in [-0.1, -0.05) is 27.7 Å². The average molecular weight is 312 g/mol. The van der Waals surface area contributed by atoms with Crippen LogP contribution in [0, 0.1) is 0 Å². The van der Waals surface area contributed by atoms with E-state index in [1.165, 1.54) is 0 Å². The van der Waals surface area contributed by atoms with Crippen LogP contribution in [-0.2, 0) is 23.6 Å². The maximum atomic E-state index is 7.56. The summed E-state index contributed by atoms with van der Waals surface area (Å²) in [6.07, 6.45) is 0. The van der Waals surface area contributed by atoms with Gasteiger partial charge in [0.1, 0.15) is 0 Å². The molecule has 0 aliphatic carbocycles. The summed E-state index contributed by atoms with van der Waals surface area (Å²) in [6.45, 7) is 0.389. The average Bonchev–Trinajstić information content (AvgIpc) is 1.88. The maximum absolute atomic E-state index is 7.56. The summed E-state index contributed by atoms with van der Waals surface area (Å²) in [5, 5.41) is 0. The second-order valence-electron chi connectivity index (χ2n) is 1.03. The topological polar surface area (TPSA) is 121 Å². The first-order chi connectivity index (χ1) is 6.00. The van der Waals surface area contributed by atoms with Crippen LogP contribution in [0.25, 0.3) is 0 Å². The van der Waals surface area contributed by atoms with Crippen molar-refractivity contribution in [1.29, 1.82) is 0 Å². The molecule has 0 heterocycles. The van der Waals surface area contributed by atoms with Crippen LogP contribution in [-0.4, -0.2) is 58.9 Å². The van der Waals surface area contributed by atoms with Crippen LogP contribution in [0.5, 0.6) is 0 Å². The van der Waals surface area contributed by atoms with Crippen LogP contribution >= 0.6 is 13.4 Å². The van der Waals surface area contributed by atoms with Crippen molar-refractivity contribution >= 4 is 66.6 Å². The Morgan fingerprint density at radius 1 is 0.600 bits per heavy atom. The Morgan fingerprint density at radius 2 is 0.600 bits per heavy atom. The summed E-state index contributed by atoms with van der Waals surface area (Å²) in [5.41, 5.74) is 0. The molecule has 0 atom stereocenters. The van der Waals surface area contributed by atoms with Crippen LogP contribution < -0.4 is 0 Å². The van der Waals surface area contributed by atoms with E-state index in [9.17, 15) is 0 Å². The van der Waals surface area contributed by atoms with Crippen LogP contribution in [0.15, 0.2) is 0 Å². The molecule has 0 aliphatic heterocycles. The van der Waals surface area contributed by atoms with Crippen LogP contribution in [0.1, 0.15) is 27.7 Å². The van der Waals surface area contributed by atoms with E-state index >= 15 is 0 Å². The first kappa shape index (κ1) is 30.3. The van der Waals surface area contributed by atoms with E-state index in [1.54, 1.807) is 0 Å². The standard InChI is InChI=1S/2C2H6.Na.2H3O3PS.H/c2*1-2;;2*1-4(2,3)5;/h2*1-2H3;;2*(H3,1,2,3,5);. The predicted molar refractivity (Wildman–Crippen MR) is 71.7 cm³/mol. The Hall–Kier alpha value is 2.06. The van der Waals surface area contributed by atoms with E-state index in [2.05, 4.69) is 23.6 Å². The Morgan fingerprint density at radius 3 is 0.600 bits per heavy atom. The van der Waals surface area contributed by atoms with Gasteiger partial charge in [0.15, 0.2) is 0 Å². The third-order valence-corrected chi connectivity index (χ3v) is 0. The van der Waals surface area contributed by atoms with E-state index in [4.69, 9.17) is 29.4 Å². The molecule has 94 valence electrons. The van der Waals surface area contributed by atoms with Crippen molar-refractivity contribution in [2.45, 2.75) is 27.7 Å². The first-order valence-electron chi connectivity index (χ1n) is 3.57. The zero-order valence-electron chi connectivity index (χ0n) is 8.39. The van der Waals surface area contributed by atoms with E-state index in [0.717, 1.165) is 0 Å². The van der Waals surface area contributed by atoms with Crippen molar-refractivity contribution in [3.05, 3.63) is 0 Å². The fraction of sp³-hybridized carbons (Fsp3) is 1.00. The fourth-order valence-electron chi connectivity index (χ4n) is 0. The summed E-state index contributed by atoms with van der Waals surface area (Å²) < 4.78 is 0. The van der Waals surface area contributed by atoms with E-state index in [-0.39, 0.29) is 29.6 Å². The quantitative estimate of drug-likeness (QED) is 0.268.